The first-order valence-electron chi connectivity index (χ1n) is 6.65. The number of aliphatic hydroxyl groups is 1. The number of amides is 1. The minimum absolute atomic E-state index is 0.229. The van der Waals surface area contributed by atoms with Crippen molar-refractivity contribution in [1.82, 2.24) is 5.32 Å². The third-order valence-electron chi connectivity index (χ3n) is 3.71. The summed E-state index contributed by atoms with van der Waals surface area (Å²) in [6, 6.07) is 4.52. The van der Waals surface area contributed by atoms with Gasteiger partial charge in [0, 0.05) is 10.6 Å². The fraction of sp³-hybridized carbons (Fsp3) is 0.500. The molecule has 0 spiro atoms. The quantitative estimate of drug-likeness (QED) is 0.855. The average molecular weight is 314 g/mol. The molecule has 0 unspecified atom stereocenters. The fourth-order valence-corrected chi connectivity index (χ4v) is 2.89. The molecule has 2 N–H and O–H groups in total. The van der Waals surface area contributed by atoms with Gasteiger partial charge in [-0.2, -0.15) is 0 Å². The lowest BCUT2D eigenvalue weighted by atomic mass is 10.1. The number of hydrogen-bond donors (Lipinski definition) is 2. The average Bonchev–Trinajstić information content (AvgIpc) is 3.02. The SMILES string of the molecule is COc1cc(Cl)cc(C(=O)N[C@@H]2CO[C@H]3[C@@H]2OC[C@H]3O)c1. The van der Waals surface area contributed by atoms with Crippen molar-refractivity contribution in [3.63, 3.8) is 0 Å². The van der Waals surface area contributed by atoms with Gasteiger partial charge in [0.1, 0.15) is 24.1 Å². The van der Waals surface area contributed by atoms with E-state index in [1.165, 1.54) is 7.11 Å². The number of halogens is 1. The van der Waals surface area contributed by atoms with Gasteiger partial charge in [0.15, 0.2) is 0 Å². The van der Waals surface area contributed by atoms with Gasteiger partial charge >= 0.3 is 0 Å². The van der Waals surface area contributed by atoms with Crippen LogP contribution >= 0.6 is 11.6 Å². The van der Waals surface area contributed by atoms with Crippen LogP contribution < -0.4 is 10.1 Å². The van der Waals surface area contributed by atoms with Crippen LogP contribution in [0.1, 0.15) is 10.4 Å². The number of ether oxygens (including phenoxy) is 3. The lowest BCUT2D eigenvalue weighted by molar-refractivity contribution is 0.0178. The Hall–Kier alpha value is -1.34. The molecule has 0 radical (unpaired) electrons. The topological polar surface area (TPSA) is 77.0 Å². The molecule has 0 saturated carbocycles. The molecule has 2 aliphatic rings. The standard InChI is InChI=1S/C14H16ClNO5/c1-19-9-3-7(2-8(15)4-9)14(18)16-10-5-20-13-11(17)6-21-12(10)13/h2-4,10-13,17H,5-6H2,1H3,(H,16,18)/t10-,11-,12-,13-/m1/s1. The van der Waals surface area contributed by atoms with Crippen LogP contribution in [0, 0.1) is 0 Å². The van der Waals surface area contributed by atoms with Crippen LogP contribution in [0.15, 0.2) is 18.2 Å². The molecule has 0 aromatic heterocycles. The number of carbonyl (C=O) groups excluding carboxylic acids is 1. The maximum atomic E-state index is 12.3. The molecule has 0 aliphatic carbocycles. The van der Waals surface area contributed by atoms with Crippen molar-refractivity contribution in [3.8, 4) is 5.75 Å². The molecule has 2 heterocycles. The van der Waals surface area contributed by atoms with E-state index in [0.29, 0.717) is 22.9 Å². The molecule has 6 nitrogen and oxygen atoms in total. The molecule has 0 bridgehead atoms. The minimum Gasteiger partial charge on any atom is -0.497 e. The zero-order chi connectivity index (χ0) is 15.0. The largest absolute Gasteiger partial charge is 0.497 e. The lowest BCUT2D eigenvalue weighted by Crippen LogP contribution is -2.44. The van der Waals surface area contributed by atoms with Crippen molar-refractivity contribution in [1.29, 1.82) is 0 Å². The molecule has 1 aromatic carbocycles. The van der Waals surface area contributed by atoms with Gasteiger partial charge in [-0.05, 0) is 18.2 Å². The Kier molecular flexibility index (Phi) is 4.03. The molecule has 2 saturated heterocycles. The predicted molar refractivity (Wildman–Crippen MR) is 74.7 cm³/mol. The summed E-state index contributed by atoms with van der Waals surface area (Å²) in [5.41, 5.74) is 0.404. The molecule has 114 valence electrons. The maximum Gasteiger partial charge on any atom is 0.251 e. The van der Waals surface area contributed by atoms with Crippen LogP contribution in [0.5, 0.6) is 5.75 Å². The van der Waals surface area contributed by atoms with E-state index in [1.54, 1.807) is 18.2 Å². The van der Waals surface area contributed by atoms with Crippen LogP contribution in [0.25, 0.3) is 0 Å². The van der Waals surface area contributed by atoms with E-state index < -0.39 is 6.10 Å². The summed E-state index contributed by atoms with van der Waals surface area (Å²) in [7, 11) is 1.51. The van der Waals surface area contributed by atoms with Gasteiger partial charge in [0.2, 0.25) is 0 Å². The lowest BCUT2D eigenvalue weighted by Gasteiger charge is -2.17. The van der Waals surface area contributed by atoms with Gasteiger partial charge < -0.3 is 24.6 Å². The van der Waals surface area contributed by atoms with Gasteiger partial charge in [-0.25, -0.2) is 0 Å². The summed E-state index contributed by atoms with van der Waals surface area (Å²) in [4.78, 5) is 12.3. The number of nitrogens with one attached hydrogen (secondary N) is 1. The fourth-order valence-electron chi connectivity index (χ4n) is 2.67. The summed E-state index contributed by atoms with van der Waals surface area (Å²) in [6.07, 6.45) is -1.32. The second-order valence-corrected chi connectivity index (χ2v) is 5.56. The predicted octanol–water partition coefficient (Wildman–Crippen LogP) is 0.605. The Morgan fingerprint density at radius 3 is 2.86 bits per heavy atom. The first kappa shape index (κ1) is 14.6. The van der Waals surface area contributed by atoms with E-state index in [9.17, 15) is 9.90 Å². The second kappa shape index (κ2) is 5.81. The molecule has 4 atom stereocenters. The van der Waals surface area contributed by atoms with Gasteiger partial charge in [-0.1, -0.05) is 11.6 Å². The number of fused-ring (bicyclic) bond motifs is 1. The molecule has 2 aliphatic heterocycles. The van der Waals surface area contributed by atoms with Crippen LogP contribution in [0.4, 0.5) is 0 Å². The number of methoxy groups -OCH3 is 1. The summed E-state index contributed by atoms with van der Waals surface area (Å²) in [5.74, 6) is 0.232. The Morgan fingerprint density at radius 1 is 1.33 bits per heavy atom. The van der Waals surface area contributed by atoms with E-state index in [-0.39, 0.29) is 30.8 Å². The van der Waals surface area contributed by atoms with Gasteiger partial charge in [0.05, 0.1) is 26.4 Å². The summed E-state index contributed by atoms with van der Waals surface area (Å²) >= 11 is 5.96. The maximum absolute atomic E-state index is 12.3. The van der Waals surface area contributed by atoms with Crippen molar-refractivity contribution in [2.24, 2.45) is 0 Å². The highest BCUT2D eigenvalue weighted by molar-refractivity contribution is 6.31. The number of benzene rings is 1. The smallest absolute Gasteiger partial charge is 0.251 e. The van der Waals surface area contributed by atoms with Crippen molar-refractivity contribution in [3.05, 3.63) is 28.8 Å². The molecule has 21 heavy (non-hydrogen) atoms. The van der Waals surface area contributed by atoms with Crippen molar-refractivity contribution in [2.75, 3.05) is 20.3 Å². The van der Waals surface area contributed by atoms with Crippen LogP contribution in [-0.4, -0.2) is 55.7 Å². The van der Waals surface area contributed by atoms with Gasteiger partial charge in [0.25, 0.3) is 5.91 Å². The third kappa shape index (κ3) is 2.85. The second-order valence-electron chi connectivity index (χ2n) is 5.12. The highest BCUT2D eigenvalue weighted by Crippen LogP contribution is 2.27. The Balaban J connectivity index is 1.71. The number of hydrogen-bond acceptors (Lipinski definition) is 5. The molecule has 2 fully saturated rings. The van der Waals surface area contributed by atoms with Crippen molar-refractivity contribution in [2.45, 2.75) is 24.4 Å². The van der Waals surface area contributed by atoms with E-state index in [0.717, 1.165) is 0 Å². The molecular formula is C14H16ClNO5. The highest BCUT2D eigenvalue weighted by atomic mass is 35.5. The van der Waals surface area contributed by atoms with Crippen molar-refractivity contribution >= 4 is 17.5 Å². The van der Waals surface area contributed by atoms with E-state index >= 15 is 0 Å². The summed E-state index contributed by atoms with van der Waals surface area (Å²) in [6.45, 7) is 0.544. The zero-order valence-electron chi connectivity index (χ0n) is 11.4. The number of rotatable bonds is 3. The van der Waals surface area contributed by atoms with Gasteiger partial charge in [-0.15, -0.1) is 0 Å². The summed E-state index contributed by atoms with van der Waals surface area (Å²) in [5, 5.41) is 13.0. The monoisotopic (exact) mass is 313 g/mol. The third-order valence-corrected chi connectivity index (χ3v) is 3.93. The molecule has 3 rings (SSSR count). The molecule has 1 amide bonds. The van der Waals surface area contributed by atoms with E-state index in [1.807, 2.05) is 0 Å². The molecule has 7 heteroatoms. The Bertz CT molecular complexity index is 552. The number of carbonyl (C=O) groups is 1. The zero-order valence-corrected chi connectivity index (χ0v) is 12.2. The highest BCUT2D eigenvalue weighted by Gasteiger charge is 2.47. The Morgan fingerprint density at radius 2 is 2.10 bits per heavy atom. The van der Waals surface area contributed by atoms with Crippen molar-refractivity contribution < 1.29 is 24.1 Å². The molecule has 1 aromatic rings. The van der Waals surface area contributed by atoms with E-state index in [2.05, 4.69) is 5.32 Å². The van der Waals surface area contributed by atoms with Crippen LogP contribution in [0.3, 0.4) is 0 Å². The summed E-state index contributed by atoms with van der Waals surface area (Å²) < 4.78 is 16.0. The van der Waals surface area contributed by atoms with E-state index in [4.69, 9.17) is 25.8 Å². The van der Waals surface area contributed by atoms with Gasteiger partial charge in [-0.3, -0.25) is 4.79 Å². The first-order valence-corrected chi connectivity index (χ1v) is 7.03. The first-order chi connectivity index (χ1) is 10.1. The van der Waals surface area contributed by atoms with Crippen LogP contribution in [-0.2, 0) is 9.47 Å². The minimum atomic E-state index is -0.636. The number of aliphatic hydroxyl groups excluding tert-OH is 1. The normalized spacial score (nSPS) is 31.0. The Labute approximate surface area is 126 Å². The molecular weight excluding hydrogens is 298 g/mol. The van der Waals surface area contributed by atoms with Crippen LogP contribution in [0.2, 0.25) is 5.02 Å².